The van der Waals surface area contributed by atoms with Crippen molar-refractivity contribution in [2.24, 2.45) is 0 Å². The Morgan fingerprint density at radius 3 is 1.21 bits per heavy atom. The van der Waals surface area contributed by atoms with Crippen LogP contribution in [0.25, 0.3) is 0 Å². The van der Waals surface area contributed by atoms with Crippen LogP contribution < -0.4 is 9.79 Å². The summed E-state index contributed by atoms with van der Waals surface area (Å²) in [4.78, 5) is 21.1. The minimum Gasteiger partial charge on any atom is -0.779 e. The monoisotopic (exact) mass is 366 g/mol. The maximum absolute atomic E-state index is 10.6. The first-order chi connectivity index (χ1) is 8.24. The minimum atomic E-state index is -3.44. The summed E-state index contributed by atoms with van der Waals surface area (Å²) in [5, 5.41) is 0. The van der Waals surface area contributed by atoms with Gasteiger partial charge in [0, 0.05) is 12.3 Å². The first-order valence-corrected chi connectivity index (χ1v) is 9.59. The third kappa shape index (κ3) is 18.9. The molecule has 0 rings (SSSR count). The fraction of sp³-hybridized carbons (Fsp3) is 1.00. The van der Waals surface area contributed by atoms with Crippen LogP contribution in [0.4, 0.5) is 0 Å². The fourth-order valence-corrected chi connectivity index (χ4v) is 1.93. The number of hydrogen-bond acceptors (Lipinski definition) is 6. The molecule has 0 fully saturated rings. The van der Waals surface area contributed by atoms with Crippen LogP contribution in [0, 0.1) is 0 Å². The van der Waals surface area contributed by atoms with Crippen molar-refractivity contribution < 1.29 is 47.4 Å². The van der Waals surface area contributed by atoms with Crippen molar-refractivity contribution in [1.29, 1.82) is 0 Å². The summed E-state index contributed by atoms with van der Waals surface area (Å²) in [6.07, 6.45) is 1.67. The van der Waals surface area contributed by atoms with E-state index in [1.807, 2.05) is 13.8 Å². The second kappa shape index (κ2) is 13.9. The first kappa shape index (κ1) is 24.9. The van der Waals surface area contributed by atoms with Crippen LogP contribution in [0.15, 0.2) is 0 Å². The summed E-state index contributed by atoms with van der Waals surface area (Å²) in [5.74, 6) is 0. The molecule has 0 saturated carbocycles. The Morgan fingerprint density at radius 1 is 0.789 bits per heavy atom. The van der Waals surface area contributed by atoms with E-state index in [1.54, 1.807) is 13.8 Å². The molecule has 0 bridgehead atoms. The molecule has 9 heteroatoms. The second-order valence-corrected chi connectivity index (χ2v) is 7.75. The van der Waals surface area contributed by atoms with Gasteiger partial charge in [-0.1, -0.05) is 27.7 Å². The summed E-state index contributed by atoms with van der Waals surface area (Å²) in [7, 11) is -6.88. The van der Waals surface area contributed by atoms with Crippen molar-refractivity contribution in [2.45, 2.75) is 40.5 Å². The van der Waals surface area contributed by atoms with Gasteiger partial charge >= 0.3 is 19.5 Å². The van der Waals surface area contributed by atoms with Crippen molar-refractivity contribution in [3.63, 3.8) is 0 Å². The van der Waals surface area contributed by atoms with Gasteiger partial charge in [0.2, 0.25) is 0 Å². The van der Waals surface area contributed by atoms with Crippen LogP contribution in [0.1, 0.15) is 40.5 Å². The molecule has 19 heavy (non-hydrogen) atoms. The summed E-state index contributed by atoms with van der Waals surface area (Å²) < 4.78 is 30.2. The number of hydrogen-bond donors (Lipinski definition) is 0. The molecule has 0 saturated heterocycles. The Labute approximate surface area is 129 Å². The van der Waals surface area contributed by atoms with E-state index >= 15 is 0 Å². The van der Waals surface area contributed by atoms with E-state index in [4.69, 9.17) is 0 Å². The summed E-state index contributed by atoms with van der Waals surface area (Å²) >= 11 is 0. The van der Waals surface area contributed by atoms with E-state index in [2.05, 4.69) is 9.05 Å². The van der Waals surface area contributed by atoms with Crippen molar-refractivity contribution in [3.05, 3.63) is 0 Å². The molecular weight excluding hydrogens is 343 g/mol. The Balaban J connectivity index is -0.000000256. The molecule has 0 aliphatic rings. The molecule has 0 amide bonds. The van der Waals surface area contributed by atoms with Crippen LogP contribution >= 0.6 is 15.2 Å². The molecule has 0 aliphatic heterocycles. The Morgan fingerprint density at radius 2 is 1.05 bits per heavy atom. The normalized spacial score (nSPS) is 16.3. The summed E-state index contributed by atoms with van der Waals surface area (Å²) in [6.45, 7) is 7.52. The Hall–Kier alpha value is 0.923. The van der Waals surface area contributed by atoms with Crippen molar-refractivity contribution in [3.8, 4) is 0 Å². The molecule has 6 nitrogen and oxygen atoms in total. The Bertz CT molecular complexity index is 259. The van der Waals surface area contributed by atoms with Crippen LogP contribution in [0.5, 0.6) is 0 Å². The van der Waals surface area contributed by atoms with Gasteiger partial charge in [-0.05, 0) is 12.8 Å². The maximum Gasteiger partial charge on any atom is 2.00 e. The molecule has 0 radical (unpaired) electrons. The molecule has 0 N–H and O–H groups in total. The molecule has 0 heterocycles. The molecule has 2 atom stereocenters. The van der Waals surface area contributed by atoms with E-state index in [9.17, 15) is 18.9 Å². The SMILES string of the molecule is CCCOP(=O)([O-])CC.CCCOP(=O)([O-])CC.[Zn+2]. The third-order valence-electron chi connectivity index (χ3n) is 1.76. The molecule has 0 spiro atoms. The van der Waals surface area contributed by atoms with Gasteiger partial charge in [-0.2, -0.15) is 0 Å². The molecule has 0 aliphatic carbocycles. The van der Waals surface area contributed by atoms with Gasteiger partial charge in [-0.25, -0.2) is 0 Å². The standard InChI is InChI=1S/2C5H13O3P.Zn/c2*1-3-5-8-9(6,7)4-2;/h2*3-5H2,1-2H3,(H,6,7);/q;;+2/p-2. The average Bonchev–Trinajstić information content (AvgIpc) is 2.35. The van der Waals surface area contributed by atoms with E-state index in [1.165, 1.54) is 0 Å². The van der Waals surface area contributed by atoms with Crippen molar-refractivity contribution in [2.75, 3.05) is 25.5 Å². The first-order valence-electron chi connectivity index (χ1n) is 6.13. The van der Waals surface area contributed by atoms with Gasteiger partial charge in [0.05, 0.1) is 13.2 Å². The van der Waals surface area contributed by atoms with Crippen LogP contribution in [-0.4, -0.2) is 25.5 Å². The molecule has 2 unspecified atom stereocenters. The van der Waals surface area contributed by atoms with Crippen molar-refractivity contribution >= 4 is 15.2 Å². The van der Waals surface area contributed by atoms with Gasteiger partial charge in [0.25, 0.3) is 0 Å². The smallest absolute Gasteiger partial charge is 0.779 e. The zero-order valence-corrected chi connectivity index (χ0v) is 17.0. The molecule has 112 valence electrons. The zero-order chi connectivity index (χ0) is 14.7. The topological polar surface area (TPSA) is 98.7 Å². The van der Waals surface area contributed by atoms with Crippen LogP contribution in [0.2, 0.25) is 0 Å². The van der Waals surface area contributed by atoms with Gasteiger partial charge in [-0.15, -0.1) is 0 Å². The van der Waals surface area contributed by atoms with Crippen molar-refractivity contribution in [1.82, 2.24) is 0 Å². The predicted octanol–water partition coefficient (Wildman–Crippen LogP) is 1.97. The predicted molar refractivity (Wildman–Crippen MR) is 68.8 cm³/mol. The molecule has 0 aromatic carbocycles. The van der Waals surface area contributed by atoms with E-state index < -0.39 is 15.2 Å². The second-order valence-electron chi connectivity index (χ2n) is 3.52. The maximum atomic E-state index is 10.6. The van der Waals surface area contributed by atoms with E-state index in [0.717, 1.165) is 12.8 Å². The minimum absolute atomic E-state index is 0. The summed E-state index contributed by atoms with van der Waals surface area (Å²) in [6, 6.07) is 0. The van der Waals surface area contributed by atoms with Gasteiger partial charge in [0.15, 0.2) is 0 Å². The largest absolute Gasteiger partial charge is 2.00 e. The van der Waals surface area contributed by atoms with Gasteiger partial charge < -0.3 is 28.0 Å². The van der Waals surface area contributed by atoms with Crippen LogP contribution in [-0.2, 0) is 37.7 Å². The third-order valence-corrected chi connectivity index (χ3v) is 4.46. The van der Waals surface area contributed by atoms with Gasteiger partial charge in [-0.3, -0.25) is 0 Å². The Kier molecular flexibility index (Phi) is 18.2. The summed E-state index contributed by atoms with van der Waals surface area (Å²) in [5.41, 5.74) is 0. The molecular formula is C10H24O6P2Zn. The van der Waals surface area contributed by atoms with E-state index in [-0.39, 0.29) is 31.8 Å². The zero-order valence-electron chi connectivity index (χ0n) is 12.3. The van der Waals surface area contributed by atoms with Crippen LogP contribution in [0.3, 0.4) is 0 Å². The number of rotatable bonds is 8. The average molecular weight is 368 g/mol. The fourth-order valence-electron chi connectivity index (χ4n) is 0.643. The molecule has 0 aromatic heterocycles. The quantitative estimate of drug-likeness (QED) is 0.480. The molecule has 0 aromatic rings. The van der Waals surface area contributed by atoms with Gasteiger partial charge in [0.1, 0.15) is 15.2 Å². The van der Waals surface area contributed by atoms with E-state index in [0.29, 0.717) is 13.2 Å².